The van der Waals surface area contributed by atoms with Gasteiger partial charge in [-0.15, -0.1) is 0 Å². The highest BCUT2D eigenvalue weighted by atomic mass is 15.0. The Hall–Kier alpha value is -3.00. The smallest absolute Gasteiger partial charge is 0.0475 e. The Kier molecular flexibility index (Phi) is 5.66. The summed E-state index contributed by atoms with van der Waals surface area (Å²) < 4.78 is 4.91. The van der Waals surface area contributed by atoms with Crippen LogP contribution in [0.5, 0.6) is 0 Å². The molecule has 0 amide bonds. The zero-order valence-corrected chi connectivity index (χ0v) is 19.7. The van der Waals surface area contributed by atoms with Crippen LogP contribution >= 0.6 is 0 Å². The van der Waals surface area contributed by atoms with Gasteiger partial charge in [0.05, 0.1) is 0 Å². The summed E-state index contributed by atoms with van der Waals surface area (Å²) in [6, 6.07) is 26.3. The predicted molar refractivity (Wildman–Crippen MR) is 131 cm³/mol. The molecular weight excluding hydrogens is 376 g/mol. The Morgan fingerprint density at radius 2 is 0.935 bits per heavy atom. The van der Waals surface area contributed by atoms with Crippen molar-refractivity contribution >= 4 is 0 Å². The monoisotopic (exact) mass is 410 g/mol. The van der Waals surface area contributed by atoms with Gasteiger partial charge in [-0.1, -0.05) is 74.5 Å². The maximum absolute atomic E-state index is 2.45. The summed E-state index contributed by atoms with van der Waals surface area (Å²) in [6.45, 7) is 15.6. The third-order valence-electron chi connectivity index (χ3n) is 6.86. The standard InChI is InChI=1S/C29H34N2/c1-21-17-27(23(3)30(21)19-25-13-9-7-10-14-25)29(5,6)28-18-22(2)31(24(28)4)20-26-15-11-8-12-16-26/h7-18H,19-20H2,1-6H3. The second-order valence-corrected chi connectivity index (χ2v) is 9.34. The van der Waals surface area contributed by atoms with E-state index in [-0.39, 0.29) is 5.41 Å². The Bertz CT molecular complexity index is 1080. The summed E-state index contributed by atoms with van der Waals surface area (Å²) in [5, 5.41) is 0. The molecule has 0 aliphatic rings. The lowest BCUT2D eigenvalue weighted by atomic mass is 9.78. The van der Waals surface area contributed by atoms with E-state index in [9.17, 15) is 0 Å². The van der Waals surface area contributed by atoms with E-state index in [1.807, 2.05) is 0 Å². The normalized spacial score (nSPS) is 11.8. The molecule has 2 heterocycles. The molecule has 0 saturated heterocycles. The molecule has 4 rings (SSSR count). The van der Waals surface area contributed by atoms with Crippen LogP contribution in [-0.2, 0) is 18.5 Å². The van der Waals surface area contributed by atoms with E-state index in [1.165, 1.54) is 45.0 Å². The van der Waals surface area contributed by atoms with Crippen molar-refractivity contribution in [2.75, 3.05) is 0 Å². The second kappa shape index (κ2) is 8.26. The van der Waals surface area contributed by atoms with E-state index in [0.717, 1.165) is 13.1 Å². The SMILES string of the molecule is Cc1cc(C(C)(C)c2cc(C)n(Cc3ccccc3)c2C)c(C)n1Cc1ccccc1. The van der Waals surface area contributed by atoms with Gasteiger partial charge in [0.25, 0.3) is 0 Å². The third kappa shape index (κ3) is 3.99. The van der Waals surface area contributed by atoms with Crippen molar-refractivity contribution in [3.8, 4) is 0 Å². The highest BCUT2D eigenvalue weighted by molar-refractivity contribution is 5.46. The van der Waals surface area contributed by atoms with Gasteiger partial charge in [-0.25, -0.2) is 0 Å². The fourth-order valence-electron chi connectivity index (χ4n) is 5.03. The van der Waals surface area contributed by atoms with E-state index in [1.54, 1.807) is 0 Å². The van der Waals surface area contributed by atoms with Crippen LogP contribution in [0.2, 0.25) is 0 Å². The van der Waals surface area contributed by atoms with E-state index in [4.69, 9.17) is 0 Å². The van der Waals surface area contributed by atoms with Crippen LogP contribution in [0.3, 0.4) is 0 Å². The van der Waals surface area contributed by atoms with Crippen LogP contribution < -0.4 is 0 Å². The molecule has 0 fully saturated rings. The Morgan fingerprint density at radius 3 is 1.29 bits per heavy atom. The molecule has 0 atom stereocenters. The number of hydrogen-bond acceptors (Lipinski definition) is 0. The summed E-state index contributed by atoms with van der Waals surface area (Å²) in [6.07, 6.45) is 0. The highest BCUT2D eigenvalue weighted by Gasteiger charge is 2.31. The lowest BCUT2D eigenvalue weighted by molar-refractivity contribution is 0.616. The van der Waals surface area contributed by atoms with Crippen molar-refractivity contribution in [3.63, 3.8) is 0 Å². The largest absolute Gasteiger partial charge is 0.345 e. The molecular formula is C29H34N2. The number of benzene rings is 2. The van der Waals surface area contributed by atoms with Gasteiger partial charge < -0.3 is 9.13 Å². The van der Waals surface area contributed by atoms with Crippen molar-refractivity contribution in [3.05, 3.63) is 118 Å². The van der Waals surface area contributed by atoms with E-state index < -0.39 is 0 Å². The molecule has 0 saturated carbocycles. The van der Waals surface area contributed by atoms with Gasteiger partial charge >= 0.3 is 0 Å². The molecule has 0 N–H and O–H groups in total. The summed E-state index contributed by atoms with van der Waals surface area (Å²) >= 11 is 0. The fourth-order valence-corrected chi connectivity index (χ4v) is 5.03. The maximum Gasteiger partial charge on any atom is 0.0475 e. The summed E-state index contributed by atoms with van der Waals surface area (Å²) in [5.74, 6) is 0. The van der Waals surface area contributed by atoms with Crippen molar-refractivity contribution in [2.24, 2.45) is 0 Å². The van der Waals surface area contributed by atoms with Crippen molar-refractivity contribution in [1.29, 1.82) is 0 Å². The van der Waals surface area contributed by atoms with Crippen molar-refractivity contribution in [2.45, 2.75) is 60.0 Å². The summed E-state index contributed by atoms with van der Waals surface area (Å²) in [7, 11) is 0. The lowest BCUT2D eigenvalue weighted by Gasteiger charge is -2.26. The minimum atomic E-state index is -0.0619. The maximum atomic E-state index is 2.45. The highest BCUT2D eigenvalue weighted by Crippen LogP contribution is 2.38. The first-order valence-electron chi connectivity index (χ1n) is 11.2. The van der Waals surface area contributed by atoms with Crippen LogP contribution in [-0.4, -0.2) is 9.13 Å². The molecule has 0 bridgehead atoms. The van der Waals surface area contributed by atoms with E-state index >= 15 is 0 Å². The van der Waals surface area contributed by atoms with Gasteiger partial charge in [0.2, 0.25) is 0 Å². The third-order valence-corrected chi connectivity index (χ3v) is 6.86. The average molecular weight is 411 g/mol. The molecule has 160 valence electrons. The minimum Gasteiger partial charge on any atom is -0.345 e. The van der Waals surface area contributed by atoms with E-state index in [2.05, 4.69) is 123 Å². The molecule has 0 spiro atoms. The van der Waals surface area contributed by atoms with Crippen molar-refractivity contribution in [1.82, 2.24) is 9.13 Å². The molecule has 2 aromatic heterocycles. The van der Waals surface area contributed by atoms with E-state index in [0.29, 0.717) is 0 Å². The van der Waals surface area contributed by atoms with Gasteiger partial charge in [-0.05, 0) is 62.1 Å². The van der Waals surface area contributed by atoms with Gasteiger partial charge in [-0.3, -0.25) is 0 Å². The molecule has 0 unspecified atom stereocenters. The molecule has 4 aromatic rings. The number of nitrogens with zero attached hydrogens (tertiary/aromatic N) is 2. The predicted octanol–water partition coefficient (Wildman–Crippen LogP) is 6.95. The number of aromatic nitrogens is 2. The zero-order chi connectivity index (χ0) is 22.2. The molecule has 31 heavy (non-hydrogen) atoms. The Labute approximate surface area is 187 Å². The average Bonchev–Trinajstić information content (AvgIpc) is 3.21. The van der Waals surface area contributed by atoms with Gasteiger partial charge in [0.1, 0.15) is 0 Å². The van der Waals surface area contributed by atoms with Crippen LogP contribution in [0.15, 0.2) is 72.8 Å². The Balaban J connectivity index is 1.71. The molecule has 0 aliphatic heterocycles. The Morgan fingerprint density at radius 1 is 0.581 bits per heavy atom. The molecule has 2 aromatic carbocycles. The first-order valence-corrected chi connectivity index (χ1v) is 11.2. The van der Waals surface area contributed by atoms with Crippen LogP contribution in [0, 0.1) is 27.7 Å². The lowest BCUT2D eigenvalue weighted by Crippen LogP contribution is -2.21. The number of hydrogen-bond donors (Lipinski definition) is 0. The first-order chi connectivity index (χ1) is 14.8. The molecule has 2 heteroatoms. The molecule has 0 radical (unpaired) electrons. The van der Waals surface area contributed by atoms with Gasteiger partial charge in [0.15, 0.2) is 0 Å². The summed E-state index contributed by atoms with van der Waals surface area (Å²) in [4.78, 5) is 0. The second-order valence-electron chi connectivity index (χ2n) is 9.34. The number of aryl methyl sites for hydroxylation is 2. The summed E-state index contributed by atoms with van der Waals surface area (Å²) in [5.41, 5.74) is 10.8. The first kappa shape index (κ1) is 21.2. The topological polar surface area (TPSA) is 9.86 Å². The molecule has 0 aliphatic carbocycles. The van der Waals surface area contributed by atoms with Crippen molar-refractivity contribution < 1.29 is 0 Å². The van der Waals surface area contributed by atoms with Crippen LogP contribution in [0.4, 0.5) is 0 Å². The number of rotatable bonds is 6. The molecule has 2 nitrogen and oxygen atoms in total. The minimum absolute atomic E-state index is 0.0619. The van der Waals surface area contributed by atoms with Crippen LogP contribution in [0.25, 0.3) is 0 Å². The quantitative estimate of drug-likeness (QED) is 0.326. The zero-order valence-electron chi connectivity index (χ0n) is 19.7. The van der Waals surface area contributed by atoms with Gasteiger partial charge in [-0.2, -0.15) is 0 Å². The van der Waals surface area contributed by atoms with Crippen LogP contribution in [0.1, 0.15) is 58.9 Å². The van der Waals surface area contributed by atoms with Gasteiger partial charge in [0, 0.05) is 41.3 Å². The fraction of sp³-hybridized carbons (Fsp3) is 0.310.